The highest BCUT2D eigenvalue weighted by Gasteiger charge is 2.19. The van der Waals surface area contributed by atoms with Gasteiger partial charge in [-0.05, 0) is 60.7 Å². The number of carbonyl (C=O) groups excluding carboxylic acids is 3. The van der Waals surface area contributed by atoms with Gasteiger partial charge in [0.05, 0.1) is 35.9 Å². The molecule has 0 saturated carbocycles. The Labute approximate surface area is 195 Å². The van der Waals surface area contributed by atoms with Crippen LogP contribution >= 0.6 is 12.2 Å². The molecule has 1 unspecified atom stereocenters. The molecule has 0 fully saturated rings. The van der Waals surface area contributed by atoms with Gasteiger partial charge in [0, 0.05) is 23.7 Å². The second-order valence-corrected chi connectivity index (χ2v) is 7.17. The maximum Gasteiger partial charge on any atom is 0.240 e. The number of primary amides is 1. The Kier molecular flexibility index (Phi) is 8.18. The molecule has 0 aliphatic rings. The van der Waals surface area contributed by atoms with Gasteiger partial charge in [-0.1, -0.05) is 0 Å². The van der Waals surface area contributed by atoms with Gasteiger partial charge in [-0.15, -0.1) is 0 Å². The van der Waals surface area contributed by atoms with E-state index in [0.29, 0.717) is 28.3 Å². The summed E-state index contributed by atoms with van der Waals surface area (Å²) >= 11 is 4.56. The van der Waals surface area contributed by atoms with Crippen molar-refractivity contribution < 1.29 is 19.1 Å². The Bertz CT molecular complexity index is 1150. The van der Waals surface area contributed by atoms with Crippen LogP contribution in [0.5, 0.6) is 5.75 Å². The van der Waals surface area contributed by atoms with Gasteiger partial charge in [-0.3, -0.25) is 14.4 Å². The fourth-order valence-corrected chi connectivity index (χ4v) is 3.08. The van der Waals surface area contributed by atoms with Gasteiger partial charge in [-0.2, -0.15) is 4.99 Å². The van der Waals surface area contributed by atoms with Crippen molar-refractivity contribution in [1.29, 1.82) is 0 Å². The van der Waals surface area contributed by atoms with E-state index in [4.69, 9.17) is 10.5 Å². The summed E-state index contributed by atoms with van der Waals surface area (Å²) in [5.41, 5.74) is 7.61. The molecule has 0 aliphatic carbocycles. The number of aromatic amines is 1. The molecule has 3 aromatic rings. The van der Waals surface area contributed by atoms with Crippen molar-refractivity contribution in [2.45, 2.75) is 18.9 Å². The fourth-order valence-electron chi connectivity index (χ4n) is 2.97. The van der Waals surface area contributed by atoms with E-state index in [9.17, 15) is 14.4 Å². The highest BCUT2D eigenvalue weighted by atomic mass is 32.1. The number of benzene rings is 2. The van der Waals surface area contributed by atoms with Crippen molar-refractivity contribution in [2.24, 2.45) is 10.7 Å². The summed E-state index contributed by atoms with van der Waals surface area (Å²) in [5, 5.41) is 4.86. The van der Waals surface area contributed by atoms with Gasteiger partial charge in [0.15, 0.2) is 5.78 Å². The number of nitrogens with one attached hydrogen (secondary N) is 2. The summed E-state index contributed by atoms with van der Waals surface area (Å²) in [4.78, 5) is 47.0. The lowest BCUT2D eigenvalue weighted by Crippen LogP contribution is -2.46. The first-order valence-electron chi connectivity index (χ1n) is 9.98. The number of hydrogen-bond acceptors (Lipinski definition) is 7. The van der Waals surface area contributed by atoms with E-state index in [1.54, 1.807) is 54.7 Å². The van der Waals surface area contributed by atoms with Crippen LogP contribution in [0, 0.1) is 0 Å². The predicted octanol–water partition coefficient (Wildman–Crippen LogP) is 2.36. The third-order valence-electron chi connectivity index (χ3n) is 4.67. The number of imidazole rings is 1. The summed E-state index contributed by atoms with van der Waals surface area (Å²) < 4.78 is 5.57. The van der Waals surface area contributed by atoms with Gasteiger partial charge in [0.1, 0.15) is 11.8 Å². The normalized spacial score (nSPS) is 11.2. The largest absolute Gasteiger partial charge is 0.493 e. The maximum atomic E-state index is 12.6. The summed E-state index contributed by atoms with van der Waals surface area (Å²) in [6.45, 7) is 0.0921. The monoisotopic (exact) mass is 463 g/mol. The molecule has 0 aliphatic heterocycles. The van der Waals surface area contributed by atoms with Crippen molar-refractivity contribution in [1.82, 2.24) is 15.3 Å². The minimum absolute atomic E-state index is 0.0293. The van der Waals surface area contributed by atoms with Gasteiger partial charge >= 0.3 is 0 Å². The number of nitrogens with zero attached hydrogens (tertiary/aromatic N) is 2. The quantitative estimate of drug-likeness (QED) is 0.227. The minimum atomic E-state index is -0.860. The van der Waals surface area contributed by atoms with Crippen molar-refractivity contribution in [3.63, 3.8) is 0 Å². The van der Waals surface area contributed by atoms with Crippen LogP contribution in [0.15, 0.2) is 66.0 Å². The van der Waals surface area contributed by atoms with Crippen LogP contribution in [0.4, 0.5) is 5.69 Å². The third kappa shape index (κ3) is 6.93. The van der Waals surface area contributed by atoms with Gasteiger partial charge in [0.2, 0.25) is 11.8 Å². The summed E-state index contributed by atoms with van der Waals surface area (Å²) in [6, 6.07) is 12.5. The van der Waals surface area contributed by atoms with E-state index in [1.807, 2.05) is 0 Å². The molecule has 1 heterocycles. The zero-order chi connectivity index (χ0) is 23.6. The van der Waals surface area contributed by atoms with E-state index < -0.39 is 11.9 Å². The second kappa shape index (κ2) is 11.5. The smallest absolute Gasteiger partial charge is 0.240 e. The minimum Gasteiger partial charge on any atom is -0.493 e. The van der Waals surface area contributed by atoms with Crippen molar-refractivity contribution in [3.05, 3.63) is 77.9 Å². The SMILES string of the molecule is NC(=O)C(Cc1c[nH]cn1)NC(=O)CCOc1ccc(C(=O)c2ccc(N=C=S)cc2)cc1. The molecular formula is C23H21N5O4S. The number of ketones is 1. The number of nitrogens with two attached hydrogens (primary N) is 1. The molecule has 3 rings (SSSR count). The molecule has 1 aromatic heterocycles. The Morgan fingerprint density at radius 1 is 1.12 bits per heavy atom. The Balaban J connectivity index is 1.48. The standard InChI is InChI=1S/C23H21N5O4S/c24-23(31)20(11-18-12-25-13-26-18)28-21(29)9-10-32-19-7-3-16(4-8-19)22(30)15-1-5-17(6-2-15)27-14-33/h1-8,12-13,20H,9-11H2,(H2,24,31)(H,25,26)(H,28,29). The molecule has 0 radical (unpaired) electrons. The number of H-pyrrole nitrogens is 1. The number of hydrogen-bond donors (Lipinski definition) is 3. The van der Waals surface area contributed by atoms with Crippen LogP contribution in [0.25, 0.3) is 0 Å². The zero-order valence-electron chi connectivity index (χ0n) is 17.5. The first kappa shape index (κ1) is 23.5. The van der Waals surface area contributed by atoms with E-state index in [2.05, 4.69) is 37.7 Å². The Hall–Kier alpha value is -4.14. The van der Waals surface area contributed by atoms with Gasteiger partial charge in [0.25, 0.3) is 0 Å². The third-order valence-corrected chi connectivity index (χ3v) is 4.76. The fraction of sp³-hybridized carbons (Fsp3) is 0.174. The Morgan fingerprint density at radius 2 is 1.79 bits per heavy atom. The van der Waals surface area contributed by atoms with E-state index in [1.165, 1.54) is 6.33 Å². The molecule has 33 heavy (non-hydrogen) atoms. The van der Waals surface area contributed by atoms with Crippen LogP contribution in [0.3, 0.4) is 0 Å². The number of rotatable bonds is 11. The molecule has 2 amide bonds. The van der Waals surface area contributed by atoms with Crippen molar-refractivity contribution >= 4 is 40.7 Å². The zero-order valence-corrected chi connectivity index (χ0v) is 18.3. The molecule has 2 aromatic carbocycles. The van der Waals surface area contributed by atoms with E-state index in [0.717, 1.165) is 0 Å². The predicted molar refractivity (Wildman–Crippen MR) is 125 cm³/mol. The maximum absolute atomic E-state index is 12.6. The lowest BCUT2D eigenvalue weighted by Gasteiger charge is -2.14. The number of carbonyl (C=O) groups is 3. The number of aromatic nitrogens is 2. The van der Waals surface area contributed by atoms with Gasteiger partial charge < -0.3 is 20.8 Å². The molecule has 0 bridgehead atoms. The average molecular weight is 464 g/mol. The lowest BCUT2D eigenvalue weighted by molar-refractivity contribution is -0.127. The Morgan fingerprint density at radius 3 is 2.36 bits per heavy atom. The molecule has 0 spiro atoms. The van der Waals surface area contributed by atoms with Crippen molar-refractivity contribution in [2.75, 3.05) is 6.61 Å². The van der Waals surface area contributed by atoms with Crippen LogP contribution in [-0.4, -0.2) is 45.4 Å². The molecular weight excluding hydrogens is 442 g/mol. The van der Waals surface area contributed by atoms with Crippen LogP contribution in [0.1, 0.15) is 28.0 Å². The second-order valence-electron chi connectivity index (χ2n) is 6.99. The molecule has 168 valence electrons. The highest BCUT2D eigenvalue weighted by molar-refractivity contribution is 7.78. The summed E-state index contributed by atoms with van der Waals surface area (Å²) in [6.07, 6.45) is 3.34. The first-order valence-corrected chi connectivity index (χ1v) is 10.4. The van der Waals surface area contributed by atoms with Crippen LogP contribution < -0.4 is 15.8 Å². The molecule has 4 N–H and O–H groups in total. The topological polar surface area (TPSA) is 140 Å². The van der Waals surface area contributed by atoms with Crippen LogP contribution in [-0.2, 0) is 16.0 Å². The van der Waals surface area contributed by atoms with Crippen molar-refractivity contribution in [3.8, 4) is 5.75 Å². The van der Waals surface area contributed by atoms with Gasteiger partial charge in [-0.25, -0.2) is 4.98 Å². The number of aliphatic imine (C=N–C) groups is 1. The summed E-state index contributed by atoms with van der Waals surface area (Å²) in [7, 11) is 0. The summed E-state index contributed by atoms with van der Waals surface area (Å²) in [5.74, 6) is -0.655. The number of ether oxygens (including phenoxy) is 1. The highest BCUT2D eigenvalue weighted by Crippen LogP contribution is 2.18. The first-order chi connectivity index (χ1) is 16.0. The van der Waals surface area contributed by atoms with E-state index in [-0.39, 0.29) is 31.1 Å². The van der Waals surface area contributed by atoms with Crippen LogP contribution in [0.2, 0.25) is 0 Å². The molecule has 0 saturated heterocycles. The average Bonchev–Trinajstić information content (AvgIpc) is 3.32. The van der Waals surface area contributed by atoms with E-state index >= 15 is 0 Å². The molecule has 9 nitrogen and oxygen atoms in total. The lowest BCUT2D eigenvalue weighted by atomic mass is 10.0. The number of amides is 2. The molecule has 1 atom stereocenters. The molecule has 10 heteroatoms. The number of thiocarbonyl (C=S) groups is 1. The number of isothiocyanates is 1.